The van der Waals surface area contributed by atoms with E-state index in [1.807, 2.05) is 37.3 Å². The van der Waals surface area contributed by atoms with Crippen molar-refractivity contribution < 1.29 is 42.3 Å². The monoisotopic (exact) mass is 556 g/mol. The standard InChI is InChI=1S/C28H48O9Si/c1-11-31-19-33-24-23-22(36-27(5,29-7)28(6,30-8)37-23)21(18-34-38(9,10)26(2,3)4)35-25(24)32-17-20-15-13-12-14-16-20/h12-16,21-25H,11,17-19H2,1-10H3/t21-,22-,23+,24+,25+,27+,28+/m1/s1. The van der Waals surface area contributed by atoms with Crippen molar-refractivity contribution in [1.82, 2.24) is 0 Å². The van der Waals surface area contributed by atoms with Gasteiger partial charge in [-0.3, -0.25) is 0 Å². The Labute approximate surface area is 229 Å². The Morgan fingerprint density at radius 1 is 0.921 bits per heavy atom. The summed E-state index contributed by atoms with van der Waals surface area (Å²) in [6, 6.07) is 9.93. The lowest BCUT2D eigenvalue weighted by Crippen LogP contribution is -2.73. The molecule has 2 aliphatic heterocycles. The van der Waals surface area contributed by atoms with Gasteiger partial charge in [-0.05, 0) is 44.5 Å². The molecule has 2 saturated heterocycles. The first-order chi connectivity index (χ1) is 17.8. The lowest BCUT2D eigenvalue weighted by atomic mass is 9.94. The Kier molecular flexibility index (Phi) is 10.6. The van der Waals surface area contributed by atoms with Gasteiger partial charge in [0.15, 0.2) is 14.6 Å². The third-order valence-corrected chi connectivity index (χ3v) is 12.6. The van der Waals surface area contributed by atoms with E-state index in [-0.39, 0.29) is 11.8 Å². The van der Waals surface area contributed by atoms with Crippen LogP contribution in [0.4, 0.5) is 0 Å². The molecule has 10 heteroatoms. The van der Waals surface area contributed by atoms with Crippen LogP contribution in [0.25, 0.3) is 0 Å². The van der Waals surface area contributed by atoms with Gasteiger partial charge >= 0.3 is 0 Å². The minimum absolute atomic E-state index is 0.0347. The van der Waals surface area contributed by atoms with Crippen molar-refractivity contribution in [2.24, 2.45) is 0 Å². The van der Waals surface area contributed by atoms with Crippen molar-refractivity contribution in [2.45, 2.75) is 109 Å². The number of fused-ring (bicyclic) bond motifs is 1. The molecule has 218 valence electrons. The molecular formula is C28H48O9Si. The van der Waals surface area contributed by atoms with Gasteiger partial charge in [0.25, 0.3) is 0 Å². The highest BCUT2D eigenvalue weighted by Crippen LogP contribution is 2.45. The van der Waals surface area contributed by atoms with Crippen LogP contribution in [0, 0.1) is 0 Å². The van der Waals surface area contributed by atoms with Crippen LogP contribution in [0.5, 0.6) is 0 Å². The van der Waals surface area contributed by atoms with Gasteiger partial charge in [0.1, 0.15) is 31.2 Å². The molecule has 0 aliphatic carbocycles. The van der Waals surface area contributed by atoms with Gasteiger partial charge in [0, 0.05) is 20.8 Å². The number of ether oxygens (including phenoxy) is 8. The SMILES string of the molecule is CCOCO[C@@H]1[C@@H](OCc2ccccc2)O[C@H](CO[Si](C)(C)C(C)(C)C)[C@H]2O[C@](C)(OC)[C@@](C)(OC)O[C@H]12. The normalized spacial score (nSPS) is 34.2. The van der Waals surface area contributed by atoms with E-state index in [0.29, 0.717) is 19.8 Å². The maximum atomic E-state index is 6.63. The third-order valence-electron chi connectivity index (χ3n) is 8.14. The zero-order valence-electron chi connectivity index (χ0n) is 24.8. The van der Waals surface area contributed by atoms with E-state index in [1.165, 1.54) is 0 Å². The Hall–Kier alpha value is -0.923. The van der Waals surface area contributed by atoms with Crippen LogP contribution in [-0.2, 0) is 48.9 Å². The molecule has 1 aromatic rings. The number of methoxy groups -OCH3 is 2. The number of rotatable bonds is 12. The molecule has 2 aliphatic rings. The quantitative estimate of drug-likeness (QED) is 0.204. The molecule has 0 bridgehead atoms. The van der Waals surface area contributed by atoms with E-state index in [9.17, 15) is 0 Å². The Balaban J connectivity index is 1.94. The summed E-state index contributed by atoms with van der Waals surface area (Å²) in [6.07, 6.45) is -3.10. The van der Waals surface area contributed by atoms with Crippen LogP contribution < -0.4 is 0 Å². The van der Waals surface area contributed by atoms with Crippen molar-refractivity contribution in [3.63, 3.8) is 0 Å². The smallest absolute Gasteiger partial charge is 0.220 e. The van der Waals surface area contributed by atoms with Gasteiger partial charge < -0.3 is 42.3 Å². The fourth-order valence-corrected chi connectivity index (χ4v) is 5.28. The summed E-state index contributed by atoms with van der Waals surface area (Å²) in [5, 5.41) is 0.0347. The summed E-state index contributed by atoms with van der Waals surface area (Å²) < 4.78 is 56.0. The van der Waals surface area contributed by atoms with Gasteiger partial charge in [0.05, 0.1) is 13.2 Å². The number of hydrogen-bond donors (Lipinski definition) is 0. The van der Waals surface area contributed by atoms with Gasteiger partial charge in [-0.15, -0.1) is 0 Å². The summed E-state index contributed by atoms with van der Waals surface area (Å²) in [6.45, 7) is 17.8. The van der Waals surface area contributed by atoms with Gasteiger partial charge in [-0.1, -0.05) is 51.1 Å². The topological polar surface area (TPSA) is 83.1 Å². The molecule has 9 nitrogen and oxygen atoms in total. The van der Waals surface area contributed by atoms with Gasteiger partial charge in [-0.2, -0.15) is 0 Å². The predicted octanol–water partition coefficient (Wildman–Crippen LogP) is 4.84. The molecule has 7 atom stereocenters. The lowest BCUT2D eigenvalue weighted by molar-refractivity contribution is -0.482. The Morgan fingerprint density at radius 3 is 2.08 bits per heavy atom. The van der Waals surface area contributed by atoms with Gasteiger partial charge in [0.2, 0.25) is 11.6 Å². The molecule has 1 aromatic carbocycles. The second kappa shape index (κ2) is 12.7. The summed E-state index contributed by atoms with van der Waals surface area (Å²) in [5.41, 5.74) is 1.02. The van der Waals surface area contributed by atoms with Crippen LogP contribution >= 0.6 is 0 Å². The Morgan fingerprint density at radius 2 is 1.53 bits per heavy atom. The molecule has 0 unspecified atom stereocenters. The summed E-state index contributed by atoms with van der Waals surface area (Å²) >= 11 is 0. The van der Waals surface area contributed by atoms with Crippen molar-refractivity contribution in [3.05, 3.63) is 35.9 Å². The molecule has 0 saturated carbocycles. The highest BCUT2D eigenvalue weighted by atomic mass is 28.4. The van der Waals surface area contributed by atoms with Crippen LogP contribution in [0.1, 0.15) is 47.1 Å². The molecular weight excluding hydrogens is 508 g/mol. The Bertz CT molecular complexity index is 864. The minimum Gasteiger partial charge on any atom is -0.414 e. The van der Waals surface area contributed by atoms with Crippen LogP contribution in [0.15, 0.2) is 30.3 Å². The van der Waals surface area contributed by atoms with E-state index in [2.05, 4.69) is 33.9 Å². The first-order valence-corrected chi connectivity index (χ1v) is 16.3. The highest BCUT2D eigenvalue weighted by Gasteiger charge is 2.63. The molecule has 0 radical (unpaired) electrons. The van der Waals surface area contributed by atoms with Gasteiger partial charge in [-0.25, -0.2) is 0 Å². The molecule has 0 N–H and O–H groups in total. The average Bonchev–Trinajstić information content (AvgIpc) is 2.88. The maximum absolute atomic E-state index is 6.63. The summed E-state index contributed by atoms with van der Waals surface area (Å²) in [4.78, 5) is 0. The van der Waals surface area contributed by atoms with Crippen molar-refractivity contribution in [2.75, 3.05) is 34.2 Å². The number of hydrogen-bond acceptors (Lipinski definition) is 9. The molecule has 0 amide bonds. The first-order valence-electron chi connectivity index (χ1n) is 13.4. The second-order valence-corrected chi connectivity index (χ2v) is 16.4. The second-order valence-electron chi connectivity index (χ2n) is 11.6. The van der Waals surface area contributed by atoms with Crippen LogP contribution in [0.3, 0.4) is 0 Å². The molecule has 2 fully saturated rings. The fraction of sp³-hybridized carbons (Fsp3) is 0.786. The first kappa shape index (κ1) is 31.6. The highest BCUT2D eigenvalue weighted by molar-refractivity contribution is 6.74. The average molecular weight is 557 g/mol. The van der Waals surface area contributed by atoms with Crippen LogP contribution in [-0.4, -0.2) is 84.8 Å². The van der Waals surface area contributed by atoms with Crippen molar-refractivity contribution in [3.8, 4) is 0 Å². The van der Waals surface area contributed by atoms with E-state index < -0.39 is 50.6 Å². The molecule has 2 heterocycles. The van der Waals surface area contributed by atoms with Crippen LogP contribution in [0.2, 0.25) is 18.1 Å². The molecule has 0 spiro atoms. The van der Waals surface area contributed by atoms with E-state index >= 15 is 0 Å². The van der Waals surface area contributed by atoms with E-state index in [1.54, 1.807) is 28.1 Å². The lowest BCUT2D eigenvalue weighted by Gasteiger charge is -2.57. The minimum atomic E-state index is -2.09. The maximum Gasteiger partial charge on any atom is 0.220 e. The largest absolute Gasteiger partial charge is 0.414 e. The number of benzene rings is 1. The fourth-order valence-electron chi connectivity index (χ4n) is 4.27. The van der Waals surface area contributed by atoms with Crippen molar-refractivity contribution >= 4 is 8.32 Å². The summed E-state index contributed by atoms with van der Waals surface area (Å²) in [5.74, 6) is -2.42. The third kappa shape index (κ3) is 6.86. The predicted molar refractivity (Wildman–Crippen MR) is 145 cm³/mol. The zero-order valence-corrected chi connectivity index (χ0v) is 25.8. The molecule has 3 rings (SSSR count). The van der Waals surface area contributed by atoms with E-state index in [0.717, 1.165) is 5.56 Å². The molecule has 0 aromatic heterocycles. The molecule has 38 heavy (non-hydrogen) atoms. The summed E-state index contributed by atoms with van der Waals surface area (Å²) in [7, 11) is 1.05. The van der Waals surface area contributed by atoms with E-state index in [4.69, 9.17) is 42.3 Å². The zero-order chi connectivity index (χ0) is 28.2. The van der Waals surface area contributed by atoms with Crippen molar-refractivity contribution in [1.29, 1.82) is 0 Å².